The number of aliphatic hydroxyl groups excluding tert-OH is 1. The van der Waals surface area contributed by atoms with Gasteiger partial charge in [0.2, 0.25) is 11.8 Å². The molecule has 3 heterocycles. The maximum Gasteiger partial charge on any atom is 0.251 e. The highest BCUT2D eigenvalue weighted by molar-refractivity contribution is 8.02. The second-order valence-corrected chi connectivity index (χ2v) is 12.5. The van der Waals surface area contributed by atoms with Crippen LogP contribution in [0.15, 0.2) is 79.9 Å². The molecule has 0 saturated carbocycles. The lowest BCUT2D eigenvalue weighted by atomic mass is 9.70. The van der Waals surface area contributed by atoms with Crippen LogP contribution < -0.4 is 9.80 Å². The monoisotopic (exact) mass is 579 g/mol. The number of amides is 3. The number of carbonyl (C=O) groups excluding carboxylic acids is 3. The van der Waals surface area contributed by atoms with Gasteiger partial charge in [-0.2, -0.15) is 0 Å². The highest BCUT2D eigenvalue weighted by atomic mass is 35.5. The summed E-state index contributed by atoms with van der Waals surface area (Å²) in [4.78, 5) is 47.9. The second kappa shape index (κ2) is 11.8. The van der Waals surface area contributed by atoms with Crippen LogP contribution >= 0.6 is 23.4 Å². The number of rotatable bonds is 11. The summed E-state index contributed by atoms with van der Waals surface area (Å²) >= 11 is 7.75. The third-order valence-electron chi connectivity index (χ3n) is 8.24. The molecule has 40 heavy (non-hydrogen) atoms. The van der Waals surface area contributed by atoms with E-state index in [0.717, 1.165) is 12.1 Å². The molecule has 2 aromatic rings. The molecule has 0 aliphatic carbocycles. The molecule has 5 atom stereocenters. The number of fused-ring (bicyclic) bond motifs is 1. The Morgan fingerprint density at radius 3 is 2.27 bits per heavy atom. The Balaban J connectivity index is 1.54. The van der Waals surface area contributed by atoms with E-state index in [2.05, 4.69) is 13.2 Å². The van der Waals surface area contributed by atoms with Gasteiger partial charge in [-0.25, -0.2) is 0 Å². The summed E-state index contributed by atoms with van der Waals surface area (Å²) in [6.07, 6.45) is 5.12. The largest absolute Gasteiger partial charge is 0.396 e. The number of carbonyl (C=O) groups is 3. The summed E-state index contributed by atoms with van der Waals surface area (Å²) in [5.41, 5.74) is 1.42. The van der Waals surface area contributed by atoms with E-state index in [9.17, 15) is 19.5 Å². The number of likely N-dealkylation sites (tertiary alicyclic amines) is 1. The highest BCUT2D eigenvalue weighted by Crippen LogP contribution is 2.66. The van der Waals surface area contributed by atoms with Crippen LogP contribution in [-0.2, 0) is 14.4 Å². The second-order valence-electron chi connectivity index (χ2n) is 10.5. The van der Waals surface area contributed by atoms with Crippen molar-refractivity contribution in [1.82, 2.24) is 4.90 Å². The first-order valence-corrected chi connectivity index (χ1v) is 14.9. The number of halogens is 1. The van der Waals surface area contributed by atoms with Gasteiger partial charge in [0.25, 0.3) is 5.91 Å². The summed E-state index contributed by atoms with van der Waals surface area (Å²) in [6.45, 7) is 8.43. The van der Waals surface area contributed by atoms with Crippen LogP contribution in [-0.4, -0.2) is 70.0 Å². The molecule has 2 aromatic carbocycles. The number of thioether (sulfide) groups is 1. The standard InChI is InChI=1S/C31H34ClN3O4S/c1-3-17-33(22-9-6-5-7-10-22)28(37)25-24-15-16-31(40-24)26(25)29(38)35(19-8-20-36)27(31)30(39)34(18-4-2)23-13-11-21(32)12-14-23/h3-7,9-14,24-27,36H,1-2,8,15-20H2/t24-,25+,26-,27?,31?/m0/s1. The zero-order valence-electron chi connectivity index (χ0n) is 22.3. The first kappa shape index (κ1) is 28.5. The van der Waals surface area contributed by atoms with Crippen molar-refractivity contribution in [1.29, 1.82) is 0 Å². The van der Waals surface area contributed by atoms with E-state index in [1.54, 1.807) is 62.9 Å². The molecule has 3 saturated heterocycles. The van der Waals surface area contributed by atoms with Crippen molar-refractivity contribution in [3.05, 3.63) is 84.9 Å². The fraction of sp³-hybridized carbons (Fsp3) is 0.387. The van der Waals surface area contributed by atoms with Crippen molar-refractivity contribution < 1.29 is 19.5 Å². The quantitative estimate of drug-likeness (QED) is 0.395. The zero-order chi connectivity index (χ0) is 28.4. The van der Waals surface area contributed by atoms with Crippen LogP contribution in [0, 0.1) is 11.8 Å². The molecule has 3 aliphatic rings. The maximum atomic E-state index is 14.5. The Morgan fingerprint density at radius 2 is 1.65 bits per heavy atom. The van der Waals surface area contributed by atoms with Crippen molar-refractivity contribution in [2.45, 2.75) is 35.3 Å². The number of benzene rings is 2. The van der Waals surface area contributed by atoms with Crippen LogP contribution in [0.1, 0.15) is 19.3 Å². The molecule has 5 rings (SSSR count). The third kappa shape index (κ3) is 4.76. The fourth-order valence-electron chi connectivity index (χ4n) is 6.66. The van der Waals surface area contributed by atoms with E-state index in [1.807, 2.05) is 30.3 Å². The summed E-state index contributed by atoms with van der Waals surface area (Å²) in [5.74, 6) is -1.67. The maximum absolute atomic E-state index is 14.5. The van der Waals surface area contributed by atoms with Gasteiger partial charge in [0.15, 0.2) is 0 Å². The minimum Gasteiger partial charge on any atom is -0.396 e. The molecule has 3 fully saturated rings. The van der Waals surface area contributed by atoms with Gasteiger partial charge in [-0.15, -0.1) is 24.9 Å². The van der Waals surface area contributed by atoms with E-state index in [1.165, 1.54) is 0 Å². The van der Waals surface area contributed by atoms with Gasteiger partial charge >= 0.3 is 0 Å². The first-order chi connectivity index (χ1) is 19.4. The number of anilines is 2. The van der Waals surface area contributed by atoms with Gasteiger partial charge in [-0.3, -0.25) is 14.4 Å². The predicted octanol–water partition coefficient (Wildman–Crippen LogP) is 4.55. The molecule has 9 heteroatoms. The molecule has 7 nitrogen and oxygen atoms in total. The average Bonchev–Trinajstić information content (AvgIpc) is 3.61. The normalized spacial score (nSPS) is 26.4. The fourth-order valence-corrected chi connectivity index (χ4v) is 8.99. The van der Waals surface area contributed by atoms with Crippen molar-refractivity contribution >= 4 is 52.5 Å². The van der Waals surface area contributed by atoms with Gasteiger partial charge < -0.3 is 19.8 Å². The molecule has 0 aromatic heterocycles. The number of nitrogens with zero attached hydrogens (tertiary/aromatic N) is 3. The van der Waals surface area contributed by atoms with Gasteiger partial charge in [0, 0.05) is 47.9 Å². The summed E-state index contributed by atoms with van der Waals surface area (Å²) in [7, 11) is 0. The predicted molar refractivity (Wildman–Crippen MR) is 161 cm³/mol. The van der Waals surface area contributed by atoms with Crippen molar-refractivity contribution in [3.8, 4) is 0 Å². The SMILES string of the molecule is C=CCN(C(=O)C1N(CCCO)C(=O)[C@@H]2[C@H](C(=O)N(CC=C)c3ccccc3)[C@@H]3CCC12S3)c1ccc(Cl)cc1. The molecule has 1 N–H and O–H groups in total. The van der Waals surface area contributed by atoms with E-state index >= 15 is 0 Å². The lowest BCUT2D eigenvalue weighted by molar-refractivity contribution is -0.139. The Kier molecular flexibility index (Phi) is 8.40. The third-order valence-corrected chi connectivity index (χ3v) is 10.4. The van der Waals surface area contributed by atoms with Crippen LogP contribution in [0.5, 0.6) is 0 Å². The summed E-state index contributed by atoms with van der Waals surface area (Å²) < 4.78 is -0.725. The molecule has 2 bridgehead atoms. The van der Waals surface area contributed by atoms with E-state index in [-0.39, 0.29) is 42.7 Å². The van der Waals surface area contributed by atoms with E-state index in [0.29, 0.717) is 30.1 Å². The van der Waals surface area contributed by atoms with Gasteiger partial charge in [-0.1, -0.05) is 42.0 Å². The van der Waals surface area contributed by atoms with Gasteiger partial charge in [0.05, 0.1) is 16.6 Å². The smallest absolute Gasteiger partial charge is 0.251 e. The summed E-state index contributed by atoms with van der Waals surface area (Å²) in [5, 5.41) is 10.1. The molecule has 3 amide bonds. The number of hydrogen-bond acceptors (Lipinski definition) is 5. The first-order valence-electron chi connectivity index (χ1n) is 13.6. The molecule has 1 spiro atoms. The van der Waals surface area contributed by atoms with Gasteiger partial charge in [-0.05, 0) is 55.7 Å². The minimum absolute atomic E-state index is 0.0591. The van der Waals surface area contributed by atoms with E-state index in [4.69, 9.17) is 11.6 Å². The van der Waals surface area contributed by atoms with Crippen LogP contribution in [0.4, 0.5) is 11.4 Å². The Bertz CT molecular complexity index is 1290. The summed E-state index contributed by atoms with van der Waals surface area (Å²) in [6, 6.07) is 15.7. The Hall–Kier alpha value is -3.07. The van der Waals surface area contributed by atoms with Crippen LogP contribution in [0.3, 0.4) is 0 Å². The lowest BCUT2D eigenvalue weighted by Crippen LogP contribution is -2.55. The zero-order valence-corrected chi connectivity index (χ0v) is 23.9. The van der Waals surface area contributed by atoms with Crippen molar-refractivity contribution in [2.24, 2.45) is 11.8 Å². The molecular weight excluding hydrogens is 546 g/mol. The number of para-hydroxylation sites is 1. The van der Waals surface area contributed by atoms with E-state index < -0.39 is 22.6 Å². The van der Waals surface area contributed by atoms with Gasteiger partial charge in [0.1, 0.15) is 6.04 Å². The molecule has 0 radical (unpaired) electrons. The van der Waals surface area contributed by atoms with Crippen LogP contribution in [0.2, 0.25) is 5.02 Å². The Labute approximate surface area is 244 Å². The molecule has 3 aliphatic heterocycles. The van der Waals surface area contributed by atoms with Crippen molar-refractivity contribution in [3.63, 3.8) is 0 Å². The highest BCUT2D eigenvalue weighted by Gasteiger charge is 2.74. The molecule has 2 unspecified atom stereocenters. The van der Waals surface area contributed by atoms with Crippen LogP contribution in [0.25, 0.3) is 0 Å². The topological polar surface area (TPSA) is 81.2 Å². The molecular formula is C31H34ClN3O4S. The number of hydrogen-bond donors (Lipinski definition) is 1. The average molecular weight is 580 g/mol. The minimum atomic E-state index is -0.760. The lowest BCUT2D eigenvalue weighted by Gasteiger charge is -2.37. The molecule has 210 valence electrons. The Morgan fingerprint density at radius 1 is 1.02 bits per heavy atom. The van der Waals surface area contributed by atoms with Crippen molar-refractivity contribution in [2.75, 3.05) is 36.0 Å². The number of aliphatic hydroxyl groups is 1.